The number of amides is 1. The SMILES string of the molecule is CCNc1ccc(C(=O)Nc2nnns2)c(C)c1. The number of rotatable bonds is 4. The molecule has 18 heavy (non-hydrogen) atoms. The van der Waals surface area contributed by atoms with Gasteiger partial charge in [-0.2, -0.15) is 0 Å². The summed E-state index contributed by atoms with van der Waals surface area (Å²) in [5.74, 6) is -0.200. The number of nitrogens with one attached hydrogen (secondary N) is 2. The van der Waals surface area contributed by atoms with Gasteiger partial charge in [-0.1, -0.05) is 9.59 Å². The van der Waals surface area contributed by atoms with Crippen molar-refractivity contribution in [3.63, 3.8) is 0 Å². The monoisotopic (exact) mass is 263 g/mol. The van der Waals surface area contributed by atoms with Crippen LogP contribution in [-0.4, -0.2) is 27.3 Å². The first-order valence-electron chi connectivity index (χ1n) is 5.51. The van der Waals surface area contributed by atoms with Crippen LogP contribution in [-0.2, 0) is 0 Å². The number of nitrogens with zero attached hydrogens (tertiary/aromatic N) is 3. The van der Waals surface area contributed by atoms with Crippen LogP contribution in [0.1, 0.15) is 22.8 Å². The average Bonchev–Trinajstić information content (AvgIpc) is 2.82. The zero-order valence-electron chi connectivity index (χ0n) is 10.1. The van der Waals surface area contributed by atoms with Gasteiger partial charge in [-0.25, -0.2) is 0 Å². The van der Waals surface area contributed by atoms with Crippen LogP contribution in [0.25, 0.3) is 0 Å². The Balaban J connectivity index is 2.15. The van der Waals surface area contributed by atoms with E-state index in [1.165, 1.54) is 0 Å². The molecule has 0 aliphatic carbocycles. The molecule has 0 saturated carbocycles. The van der Waals surface area contributed by atoms with Crippen LogP contribution in [0.5, 0.6) is 0 Å². The van der Waals surface area contributed by atoms with E-state index in [-0.39, 0.29) is 5.91 Å². The van der Waals surface area contributed by atoms with Crippen molar-refractivity contribution in [3.05, 3.63) is 29.3 Å². The molecule has 2 N–H and O–H groups in total. The quantitative estimate of drug-likeness (QED) is 0.881. The Bertz CT molecular complexity index is 540. The molecule has 0 atom stereocenters. The molecule has 1 aromatic carbocycles. The minimum Gasteiger partial charge on any atom is -0.385 e. The zero-order valence-corrected chi connectivity index (χ0v) is 10.9. The molecule has 0 fully saturated rings. The highest BCUT2D eigenvalue weighted by Gasteiger charge is 2.11. The van der Waals surface area contributed by atoms with Gasteiger partial charge in [-0.3, -0.25) is 10.1 Å². The van der Waals surface area contributed by atoms with Crippen molar-refractivity contribution in [3.8, 4) is 0 Å². The van der Waals surface area contributed by atoms with E-state index in [4.69, 9.17) is 0 Å². The Kier molecular flexibility index (Phi) is 3.83. The van der Waals surface area contributed by atoms with Gasteiger partial charge in [0.15, 0.2) is 0 Å². The van der Waals surface area contributed by atoms with Crippen LogP contribution in [0.2, 0.25) is 0 Å². The van der Waals surface area contributed by atoms with Crippen LogP contribution >= 0.6 is 11.5 Å². The van der Waals surface area contributed by atoms with E-state index in [2.05, 4.69) is 25.4 Å². The Morgan fingerprint density at radius 3 is 2.89 bits per heavy atom. The van der Waals surface area contributed by atoms with Crippen LogP contribution in [0.4, 0.5) is 10.8 Å². The highest BCUT2D eigenvalue weighted by Crippen LogP contribution is 2.17. The molecule has 7 heteroatoms. The van der Waals surface area contributed by atoms with Gasteiger partial charge in [-0.15, -0.1) is 0 Å². The van der Waals surface area contributed by atoms with Crippen LogP contribution in [0.3, 0.4) is 0 Å². The second-order valence-electron chi connectivity index (χ2n) is 3.68. The number of aryl methyl sites for hydroxylation is 1. The highest BCUT2D eigenvalue weighted by atomic mass is 32.1. The fourth-order valence-electron chi connectivity index (χ4n) is 1.58. The summed E-state index contributed by atoms with van der Waals surface area (Å²) >= 11 is 1.05. The predicted molar refractivity (Wildman–Crippen MR) is 71.0 cm³/mol. The topological polar surface area (TPSA) is 79.8 Å². The number of carbonyl (C=O) groups is 1. The molecule has 0 spiro atoms. The van der Waals surface area contributed by atoms with Crippen molar-refractivity contribution in [1.29, 1.82) is 0 Å². The second-order valence-corrected chi connectivity index (χ2v) is 4.41. The normalized spacial score (nSPS) is 10.1. The number of benzene rings is 1. The first-order valence-corrected chi connectivity index (χ1v) is 6.29. The third-order valence-corrected chi connectivity index (χ3v) is 2.88. The van der Waals surface area contributed by atoms with E-state index in [1.807, 2.05) is 26.0 Å². The third-order valence-electron chi connectivity index (χ3n) is 2.37. The molecule has 6 nitrogen and oxygen atoms in total. The van der Waals surface area contributed by atoms with E-state index < -0.39 is 0 Å². The smallest absolute Gasteiger partial charge is 0.257 e. The van der Waals surface area contributed by atoms with Gasteiger partial charge in [-0.05, 0) is 42.8 Å². The summed E-state index contributed by atoms with van der Waals surface area (Å²) in [6.07, 6.45) is 0. The molecule has 0 aliphatic rings. The number of carbonyl (C=O) groups excluding carboxylic acids is 1. The molecule has 2 aromatic rings. The van der Waals surface area contributed by atoms with E-state index >= 15 is 0 Å². The number of hydrogen-bond acceptors (Lipinski definition) is 6. The summed E-state index contributed by atoms with van der Waals surface area (Å²) < 4.78 is 3.59. The van der Waals surface area contributed by atoms with Crippen LogP contribution in [0.15, 0.2) is 18.2 Å². The van der Waals surface area contributed by atoms with E-state index in [1.54, 1.807) is 6.07 Å². The molecular weight excluding hydrogens is 250 g/mol. The summed E-state index contributed by atoms with van der Waals surface area (Å²) in [5, 5.41) is 13.3. The van der Waals surface area contributed by atoms with Gasteiger partial charge in [0, 0.05) is 29.3 Å². The standard InChI is InChI=1S/C11H13N5OS/c1-3-12-8-4-5-9(7(2)6-8)10(17)13-11-14-15-16-18-11/h4-6,12H,3H2,1-2H3,(H,13,14,16,17). The molecule has 1 amide bonds. The van der Waals surface area contributed by atoms with Gasteiger partial charge in [0.25, 0.3) is 5.91 Å². The number of hydrogen-bond donors (Lipinski definition) is 2. The van der Waals surface area contributed by atoms with Gasteiger partial charge in [0.1, 0.15) is 0 Å². The second kappa shape index (κ2) is 5.54. The molecule has 1 heterocycles. The Labute approximate surface area is 109 Å². The fourth-order valence-corrected chi connectivity index (χ4v) is 1.94. The molecule has 1 aromatic heterocycles. The van der Waals surface area contributed by atoms with Crippen LogP contribution < -0.4 is 10.6 Å². The Hall–Kier alpha value is -2.02. The summed E-state index contributed by atoms with van der Waals surface area (Å²) in [6.45, 7) is 4.77. The molecular formula is C11H13N5OS. The van der Waals surface area contributed by atoms with Gasteiger partial charge in [0.05, 0.1) is 0 Å². The molecule has 0 aliphatic heterocycles. The lowest BCUT2D eigenvalue weighted by molar-refractivity contribution is 0.102. The Morgan fingerprint density at radius 2 is 2.28 bits per heavy atom. The summed E-state index contributed by atoms with van der Waals surface area (Å²) in [6, 6.07) is 5.61. The molecule has 94 valence electrons. The highest BCUT2D eigenvalue weighted by molar-refractivity contribution is 7.09. The molecule has 2 rings (SSSR count). The van der Waals surface area contributed by atoms with E-state index in [9.17, 15) is 4.79 Å². The van der Waals surface area contributed by atoms with Crippen molar-refractivity contribution < 1.29 is 4.79 Å². The zero-order chi connectivity index (χ0) is 13.0. The lowest BCUT2D eigenvalue weighted by atomic mass is 10.1. The number of anilines is 2. The van der Waals surface area contributed by atoms with Crippen molar-refractivity contribution in [2.75, 3.05) is 17.2 Å². The fraction of sp³-hybridized carbons (Fsp3) is 0.273. The molecule has 0 bridgehead atoms. The summed E-state index contributed by atoms with van der Waals surface area (Å²) in [4.78, 5) is 12.0. The predicted octanol–water partition coefficient (Wildman–Crippen LogP) is 1.93. The Morgan fingerprint density at radius 1 is 1.44 bits per heavy atom. The molecule has 0 saturated heterocycles. The van der Waals surface area contributed by atoms with Crippen molar-refractivity contribution >= 4 is 28.3 Å². The third kappa shape index (κ3) is 2.80. The first-order chi connectivity index (χ1) is 8.70. The average molecular weight is 263 g/mol. The molecule has 0 unspecified atom stereocenters. The maximum Gasteiger partial charge on any atom is 0.257 e. The maximum absolute atomic E-state index is 12.0. The van der Waals surface area contributed by atoms with E-state index in [0.29, 0.717) is 10.7 Å². The lowest BCUT2D eigenvalue weighted by Crippen LogP contribution is -2.13. The summed E-state index contributed by atoms with van der Waals surface area (Å²) in [5.41, 5.74) is 2.53. The molecule has 0 radical (unpaired) electrons. The van der Waals surface area contributed by atoms with Crippen molar-refractivity contribution in [2.45, 2.75) is 13.8 Å². The van der Waals surface area contributed by atoms with Gasteiger partial charge >= 0.3 is 0 Å². The largest absolute Gasteiger partial charge is 0.385 e. The van der Waals surface area contributed by atoms with Gasteiger partial charge < -0.3 is 5.32 Å². The first kappa shape index (κ1) is 12.4. The van der Waals surface area contributed by atoms with Gasteiger partial charge in [0.2, 0.25) is 5.13 Å². The maximum atomic E-state index is 12.0. The summed E-state index contributed by atoms with van der Waals surface area (Å²) in [7, 11) is 0. The van der Waals surface area contributed by atoms with Crippen LogP contribution in [0, 0.1) is 6.92 Å². The minimum absolute atomic E-state index is 0.200. The van der Waals surface area contributed by atoms with Crippen molar-refractivity contribution in [2.24, 2.45) is 0 Å². The number of aromatic nitrogens is 3. The minimum atomic E-state index is -0.200. The van der Waals surface area contributed by atoms with Crippen molar-refractivity contribution in [1.82, 2.24) is 14.8 Å². The van der Waals surface area contributed by atoms with E-state index in [0.717, 1.165) is 29.3 Å². The lowest BCUT2D eigenvalue weighted by Gasteiger charge is -2.08.